The Kier molecular flexibility index (Phi) is 2.79. The van der Waals surface area contributed by atoms with Gasteiger partial charge < -0.3 is 5.21 Å². The summed E-state index contributed by atoms with van der Waals surface area (Å²) in [6.07, 6.45) is 5.07. The van der Waals surface area contributed by atoms with Crippen LogP contribution in [0.5, 0.6) is 0 Å². The van der Waals surface area contributed by atoms with Crippen LogP contribution in [0.15, 0.2) is 36.5 Å². The SMILES string of the molecule is ON1CCCCC1c1cccc2cccnc12. The summed E-state index contributed by atoms with van der Waals surface area (Å²) in [4.78, 5) is 4.45. The number of nitrogens with zero attached hydrogens (tertiary/aromatic N) is 2. The van der Waals surface area contributed by atoms with Gasteiger partial charge in [-0.15, -0.1) is 0 Å². The third-order valence-electron chi connectivity index (χ3n) is 3.50. The lowest BCUT2D eigenvalue weighted by Crippen LogP contribution is -2.30. The van der Waals surface area contributed by atoms with Gasteiger partial charge in [-0.1, -0.05) is 30.7 Å². The molecule has 0 saturated carbocycles. The van der Waals surface area contributed by atoms with Crippen molar-refractivity contribution in [2.45, 2.75) is 25.3 Å². The molecule has 1 aromatic heterocycles. The molecule has 1 fully saturated rings. The molecule has 1 atom stereocenters. The van der Waals surface area contributed by atoms with E-state index in [0.717, 1.165) is 35.9 Å². The summed E-state index contributed by atoms with van der Waals surface area (Å²) < 4.78 is 0. The van der Waals surface area contributed by atoms with Gasteiger partial charge in [0.25, 0.3) is 0 Å². The highest BCUT2D eigenvalue weighted by Gasteiger charge is 2.24. The molecular weight excluding hydrogens is 212 g/mol. The van der Waals surface area contributed by atoms with E-state index < -0.39 is 0 Å². The van der Waals surface area contributed by atoms with Gasteiger partial charge in [0.1, 0.15) is 0 Å². The van der Waals surface area contributed by atoms with Crippen molar-refractivity contribution in [3.05, 3.63) is 42.1 Å². The number of hydroxylamine groups is 2. The van der Waals surface area contributed by atoms with Gasteiger partial charge in [0.15, 0.2) is 0 Å². The average Bonchev–Trinajstić information content (AvgIpc) is 2.39. The first kappa shape index (κ1) is 10.7. The van der Waals surface area contributed by atoms with Crippen molar-refractivity contribution < 1.29 is 5.21 Å². The van der Waals surface area contributed by atoms with Crippen LogP contribution in [0, 0.1) is 0 Å². The molecule has 0 bridgehead atoms. The van der Waals surface area contributed by atoms with Crippen LogP contribution in [0.3, 0.4) is 0 Å². The smallest absolute Gasteiger partial charge is 0.0750 e. The van der Waals surface area contributed by atoms with Crippen LogP contribution in [-0.4, -0.2) is 21.8 Å². The van der Waals surface area contributed by atoms with E-state index in [1.807, 2.05) is 18.3 Å². The lowest BCUT2D eigenvalue weighted by molar-refractivity contribution is -0.143. The summed E-state index contributed by atoms with van der Waals surface area (Å²) in [5.74, 6) is 0. The molecule has 1 saturated heterocycles. The normalized spacial score (nSPS) is 21.8. The van der Waals surface area contributed by atoms with Crippen molar-refractivity contribution in [1.29, 1.82) is 0 Å². The van der Waals surface area contributed by atoms with Crippen LogP contribution in [0.2, 0.25) is 0 Å². The first-order chi connectivity index (χ1) is 8.36. The van der Waals surface area contributed by atoms with E-state index in [2.05, 4.69) is 23.2 Å². The molecule has 1 N–H and O–H groups in total. The molecule has 0 spiro atoms. The summed E-state index contributed by atoms with van der Waals surface area (Å²) in [6, 6.07) is 10.3. The number of para-hydroxylation sites is 1. The molecule has 3 heteroatoms. The highest BCUT2D eigenvalue weighted by atomic mass is 16.5. The van der Waals surface area contributed by atoms with E-state index in [4.69, 9.17) is 0 Å². The largest absolute Gasteiger partial charge is 0.313 e. The Morgan fingerprint density at radius 2 is 2.06 bits per heavy atom. The Balaban J connectivity index is 2.10. The molecule has 1 aliphatic rings. The maximum Gasteiger partial charge on any atom is 0.0750 e. The Bertz CT molecular complexity index is 521. The maximum atomic E-state index is 9.99. The molecule has 0 aliphatic carbocycles. The number of benzene rings is 1. The van der Waals surface area contributed by atoms with Crippen LogP contribution >= 0.6 is 0 Å². The minimum atomic E-state index is 0.0994. The molecule has 0 amide bonds. The second kappa shape index (κ2) is 4.43. The van der Waals surface area contributed by atoms with E-state index in [-0.39, 0.29) is 6.04 Å². The van der Waals surface area contributed by atoms with Crippen LogP contribution in [-0.2, 0) is 0 Å². The predicted octanol–water partition coefficient (Wildman–Crippen LogP) is 3.15. The van der Waals surface area contributed by atoms with E-state index in [1.165, 1.54) is 11.5 Å². The molecule has 1 aromatic carbocycles. The molecule has 1 unspecified atom stereocenters. The second-order valence-electron chi connectivity index (χ2n) is 4.60. The average molecular weight is 228 g/mol. The van der Waals surface area contributed by atoms with Crippen molar-refractivity contribution in [3.63, 3.8) is 0 Å². The van der Waals surface area contributed by atoms with E-state index in [9.17, 15) is 5.21 Å². The molecular formula is C14H16N2O. The van der Waals surface area contributed by atoms with Gasteiger partial charge >= 0.3 is 0 Å². The number of hydrogen-bond donors (Lipinski definition) is 1. The van der Waals surface area contributed by atoms with Gasteiger partial charge in [-0.3, -0.25) is 4.98 Å². The van der Waals surface area contributed by atoms with E-state index in [1.54, 1.807) is 0 Å². The first-order valence-electron chi connectivity index (χ1n) is 6.15. The summed E-state index contributed by atoms with van der Waals surface area (Å²) >= 11 is 0. The molecule has 17 heavy (non-hydrogen) atoms. The Morgan fingerprint density at radius 3 is 2.94 bits per heavy atom. The number of rotatable bonds is 1. The van der Waals surface area contributed by atoms with Crippen molar-refractivity contribution in [2.24, 2.45) is 0 Å². The van der Waals surface area contributed by atoms with Crippen LogP contribution in [0.25, 0.3) is 10.9 Å². The quantitative estimate of drug-likeness (QED) is 0.814. The molecule has 2 aromatic rings. The zero-order valence-electron chi connectivity index (χ0n) is 9.71. The number of fused-ring (bicyclic) bond motifs is 1. The zero-order valence-corrected chi connectivity index (χ0v) is 9.71. The molecule has 0 radical (unpaired) electrons. The van der Waals surface area contributed by atoms with Crippen molar-refractivity contribution >= 4 is 10.9 Å². The van der Waals surface area contributed by atoms with Crippen LogP contribution in [0.4, 0.5) is 0 Å². The third-order valence-corrected chi connectivity index (χ3v) is 3.50. The highest BCUT2D eigenvalue weighted by Crippen LogP contribution is 2.32. The summed E-state index contributed by atoms with van der Waals surface area (Å²) in [7, 11) is 0. The summed E-state index contributed by atoms with van der Waals surface area (Å²) in [5.41, 5.74) is 2.16. The van der Waals surface area contributed by atoms with Gasteiger partial charge in [-0.2, -0.15) is 5.06 Å². The fourth-order valence-electron chi connectivity index (χ4n) is 2.63. The summed E-state index contributed by atoms with van der Waals surface area (Å²) in [5, 5.41) is 12.6. The van der Waals surface area contributed by atoms with Gasteiger partial charge in [0.05, 0.1) is 11.6 Å². The van der Waals surface area contributed by atoms with Gasteiger partial charge in [0, 0.05) is 18.1 Å². The zero-order chi connectivity index (χ0) is 11.7. The molecule has 2 heterocycles. The van der Waals surface area contributed by atoms with E-state index in [0.29, 0.717) is 0 Å². The Morgan fingerprint density at radius 1 is 1.18 bits per heavy atom. The topological polar surface area (TPSA) is 36.4 Å². The third kappa shape index (κ3) is 1.92. The number of aromatic nitrogens is 1. The van der Waals surface area contributed by atoms with Crippen LogP contribution in [0.1, 0.15) is 30.9 Å². The fraction of sp³-hybridized carbons (Fsp3) is 0.357. The van der Waals surface area contributed by atoms with Crippen molar-refractivity contribution in [2.75, 3.05) is 6.54 Å². The molecule has 3 nitrogen and oxygen atoms in total. The minimum absolute atomic E-state index is 0.0994. The Hall–Kier alpha value is -1.45. The predicted molar refractivity (Wildman–Crippen MR) is 66.8 cm³/mol. The van der Waals surface area contributed by atoms with Crippen LogP contribution < -0.4 is 0 Å². The molecule has 1 aliphatic heterocycles. The number of hydrogen-bond acceptors (Lipinski definition) is 3. The number of piperidine rings is 1. The Labute approximate surface area is 101 Å². The first-order valence-corrected chi connectivity index (χ1v) is 6.15. The lowest BCUT2D eigenvalue weighted by atomic mass is 9.95. The molecule has 88 valence electrons. The standard InChI is InChI=1S/C14H16N2O/c17-16-10-2-1-8-13(16)12-7-3-5-11-6-4-9-15-14(11)12/h3-7,9,13,17H,1-2,8,10H2. The minimum Gasteiger partial charge on any atom is -0.313 e. The second-order valence-corrected chi connectivity index (χ2v) is 4.60. The van der Waals surface area contributed by atoms with Gasteiger partial charge in [-0.25, -0.2) is 0 Å². The monoisotopic (exact) mass is 228 g/mol. The van der Waals surface area contributed by atoms with Gasteiger partial charge in [0.2, 0.25) is 0 Å². The van der Waals surface area contributed by atoms with Gasteiger partial charge in [-0.05, 0) is 24.5 Å². The van der Waals surface area contributed by atoms with E-state index >= 15 is 0 Å². The fourth-order valence-corrected chi connectivity index (χ4v) is 2.63. The highest BCUT2D eigenvalue weighted by molar-refractivity contribution is 5.81. The summed E-state index contributed by atoms with van der Waals surface area (Å²) in [6.45, 7) is 0.758. The lowest BCUT2D eigenvalue weighted by Gasteiger charge is -2.31. The number of pyridine rings is 1. The van der Waals surface area contributed by atoms with Crippen molar-refractivity contribution in [1.82, 2.24) is 10.0 Å². The molecule has 3 rings (SSSR count). The van der Waals surface area contributed by atoms with Crippen molar-refractivity contribution in [3.8, 4) is 0 Å². The maximum absolute atomic E-state index is 9.99.